The van der Waals surface area contributed by atoms with Gasteiger partial charge in [-0.25, -0.2) is 0 Å². The molecule has 0 spiro atoms. The maximum atomic E-state index is 10.3. The zero-order valence-electron chi connectivity index (χ0n) is 11.2. The van der Waals surface area contributed by atoms with Gasteiger partial charge in [-0.2, -0.15) is 0 Å². The van der Waals surface area contributed by atoms with Crippen LogP contribution in [0.25, 0.3) is 5.57 Å². The highest BCUT2D eigenvalue weighted by Crippen LogP contribution is 2.41. The Labute approximate surface area is 104 Å². The first-order chi connectivity index (χ1) is 7.99. The molecule has 1 aromatic rings. The van der Waals surface area contributed by atoms with Gasteiger partial charge in [0.15, 0.2) is 0 Å². The fraction of sp³-hybridized carbons (Fsp3) is 0.467. The van der Waals surface area contributed by atoms with Gasteiger partial charge in [0.25, 0.3) is 0 Å². The number of hydrogen-bond acceptors (Lipinski definition) is 2. The lowest BCUT2D eigenvalue weighted by Gasteiger charge is -2.19. The molecule has 0 atom stereocenters. The molecule has 0 radical (unpaired) electrons. The van der Waals surface area contributed by atoms with Gasteiger partial charge in [0.1, 0.15) is 11.5 Å². The van der Waals surface area contributed by atoms with Crippen molar-refractivity contribution in [1.82, 2.24) is 0 Å². The normalized spacial score (nSPS) is 10.6. The van der Waals surface area contributed by atoms with Crippen LogP contribution in [-0.4, -0.2) is 10.2 Å². The molecule has 0 aromatic heterocycles. The number of rotatable bonds is 4. The minimum atomic E-state index is 0.298. The summed E-state index contributed by atoms with van der Waals surface area (Å²) in [4.78, 5) is 0. The van der Waals surface area contributed by atoms with Crippen molar-refractivity contribution in [2.45, 2.75) is 47.0 Å². The summed E-state index contributed by atoms with van der Waals surface area (Å²) in [5.74, 6) is 0.633. The van der Waals surface area contributed by atoms with E-state index in [2.05, 4.69) is 6.58 Å². The molecule has 94 valence electrons. The molecule has 2 N–H and O–H groups in total. The van der Waals surface area contributed by atoms with Crippen LogP contribution >= 0.6 is 0 Å². The zero-order chi connectivity index (χ0) is 13.2. The number of phenols is 2. The average Bonchev–Trinajstić information content (AvgIpc) is 2.29. The van der Waals surface area contributed by atoms with E-state index in [0.29, 0.717) is 24.3 Å². The average molecular weight is 234 g/mol. The van der Waals surface area contributed by atoms with E-state index in [1.165, 1.54) is 0 Å². The molecule has 0 aliphatic heterocycles. The van der Waals surface area contributed by atoms with Crippen LogP contribution in [0.5, 0.6) is 11.5 Å². The highest BCUT2D eigenvalue weighted by Gasteiger charge is 2.20. The molecular formula is C15H22O2. The van der Waals surface area contributed by atoms with Crippen LogP contribution in [0.4, 0.5) is 0 Å². The lowest BCUT2D eigenvalue weighted by atomic mass is 9.89. The quantitative estimate of drug-likeness (QED) is 0.777. The van der Waals surface area contributed by atoms with E-state index in [-0.39, 0.29) is 0 Å². The predicted octanol–water partition coefficient (Wildman–Crippen LogP) is 3.82. The molecule has 1 rings (SSSR count). The molecule has 0 fully saturated rings. The van der Waals surface area contributed by atoms with Crippen molar-refractivity contribution in [2.75, 3.05) is 0 Å². The van der Waals surface area contributed by atoms with Gasteiger partial charge < -0.3 is 10.2 Å². The van der Waals surface area contributed by atoms with Crippen LogP contribution in [0.3, 0.4) is 0 Å². The van der Waals surface area contributed by atoms with Crippen LogP contribution in [0.2, 0.25) is 0 Å². The molecule has 17 heavy (non-hydrogen) atoms. The van der Waals surface area contributed by atoms with E-state index >= 15 is 0 Å². The minimum Gasteiger partial charge on any atom is -0.507 e. The number of aromatic hydroxyl groups is 2. The first-order valence-corrected chi connectivity index (χ1v) is 6.23. The minimum absolute atomic E-state index is 0.298. The fourth-order valence-electron chi connectivity index (χ4n) is 2.45. The molecule has 2 heteroatoms. The second kappa shape index (κ2) is 5.26. The van der Waals surface area contributed by atoms with Crippen molar-refractivity contribution in [2.24, 2.45) is 0 Å². The lowest BCUT2D eigenvalue weighted by molar-refractivity contribution is 0.442. The van der Waals surface area contributed by atoms with Crippen molar-refractivity contribution < 1.29 is 10.2 Å². The number of hydrogen-bond donors (Lipinski definition) is 2. The maximum absolute atomic E-state index is 10.3. The molecular weight excluding hydrogens is 212 g/mol. The predicted molar refractivity (Wildman–Crippen MR) is 72.6 cm³/mol. The van der Waals surface area contributed by atoms with Crippen LogP contribution in [0.15, 0.2) is 6.58 Å². The summed E-state index contributed by atoms with van der Waals surface area (Å²) in [5.41, 5.74) is 4.04. The summed E-state index contributed by atoms with van der Waals surface area (Å²) in [7, 11) is 0. The van der Waals surface area contributed by atoms with E-state index in [4.69, 9.17) is 0 Å². The lowest BCUT2D eigenvalue weighted by Crippen LogP contribution is -2.01. The Morgan fingerprint density at radius 2 is 1.29 bits per heavy atom. The fourth-order valence-corrected chi connectivity index (χ4v) is 2.45. The molecule has 0 bridgehead atoms. The summed E-state index contributed by atoms with van der Waals surface area (Å²) in [5, 5.41) is 20.6. The smallest absolute Gasteiger partial charge is 0.127 e. The van der Waals surface area contributed by atoms with Crippen molar-refractivity contribution in [1.29, 1.82) is 0 Å². The van der Waals surface area contributed by atoms with E-state index in [0.717, 1.165) is 34.2 Å². The van der Waals surface area contributed by atoms with E-state index in [1.807, 2.05) is 27.7 Å². The first kappa shape index (κ1) is 13.6. The Morgan fingerprint density at radius 1 is 0.882 bits per heavy atom. The van der Waals surface area contributed by atoms with Gasteiger partial charge in [-0.1, -0.05) is 27.4 Å². The van der Waals surface area contributed by atoms with Crippen molar-refractivity contribution in [3.05, 3.63) is 28.8 Å². The SMILES string of the molecule is C=C(C)c1c(O)c(CC)c(CC)c(O)c1CC. The molecule has 0 aliphatic rings. The van der Waals surface area contributed by atoms with Gasteiger partial charge in [-0.05, 0) is 31.8 Å². The van der Waals surface area contributed by atoms with Crippen molar-refractivity contribution in [3.8, 4) is 11.5 Å². The van der Waals surface area contributed by atoms with Crippen molar-refractivity contribution in [3.63, 3.8) is 0 Å². The Kier molecular flexibility index (Phi) is 4.22. The molecule has 2 nitrogen and oxygen atoms in total. The third-order valence-corrected chi connectivity index (χ3v) is 3.25. The van der Waals surface area contributed by atoms with Gasteiger partial charge in [0, 0.05) is 22.3 Å². The van der Waals surface area contributed by atoms with Crippen LogP contribution in [0.1, 0.15) is 49.9 Å². The number of benzene rings is 1. The Hall–Kier alpha value is -1.44. The highest BCUT2D eigenvalue weighted by molar-refractivity contribution is 5.75. The summed E-state index contributed by atoms with van der Waals surface area (Å²) < 4.78 is 0. The zero-order valence-corrected chi connectivity index (χ0v) is 11.2. The Morgan fingerprint density at radius 3 is 1.65 bits per heavy atom. The van der Waals surface area contributed by atoms with Gasteiger partial charge in [0.2, 0.25) is 0 Å². The Balaban J connectivity index is 3.73. The maximum Gasteiger partial charge on any atom is 0.127 e. The second-order valence-electron chi connectivity index (χ2n) is 4.35. The molecule has 0 aliphatic carbocycles. The van der Waals surface area contributed by atoms with E-state index < -0.39 is 0 Å². The van der Waals surface area contributed by atoms with Crippen molar-refractivity contribution >= 4 is 5.57 Å². The second-order valence-corrected chi connectivity index (χ2v) is 4.35. The summed E-state index contributed by atoms with van der Waals surface area (Å²) >= 11 is 0. The van der Waals surface area contributed by atoms with E-state index in [1.54, 1.807) is 0 Å². The number of phenolic OH excluding ortho intramolecular Hbond substituents is 2. The summed E-state index contributed by atoms with van der Waals surface area (Å²) in [6.45, 7) is 11.7. The van der Waals surface area contributed by atoms with Gasteiger partial charge in [-0.15, -0.1) is 0 Å². The standard InChI is InChI=1S/C15H22O2/c1-6-10-11(7-2)15(17)13(9(4)5)12(8-3)14(10)16/h16-17H,4,6-8H2,1-3,5H3. The van der Waals surface area contributed by atoms with Crippen LogP contribution in [0, 0.1) is 0 Å². The van der Waals surface area contributed by atoms with Crippen LogP contribution in [-0.2, 0) is 19.3 Å². The first-order valence-electron chi connectivity index (χ1n) is 6.23. The third kappa shape index (κ3) is 2.17. The summed E-state index contributed by atoms with van der Waals surface area (Å²) in [6.07, 6.45) is 2.14. The Bertz CT molecular complexity index is 445. The molecule has 0 unspecified atom stereocenters. The molecule has 0 amide bonds. The van der Waals surface area contributed by atoms with Gasteiger partial charge in [-0.3, -0.25) is 0 Å². The van der Waals surface area contributed by atoms with Gasteiger partial charge >= 0.3 is 0 Å². The van der Waals surface area contributed by atoms with E-state index in [9.17, 15) is 10.2 Å². The highest BCUT2D eigenvalue weighted by atomic mass is 16.3. The molecule has 0 saturated carbocycles. The molecule has 1 aromatic carbocycles. The molecule has 0 saturated heterocycles. The largest absolute Gasteiger partial charge is 0.507 e. The molecule has 0 heterocycles. The topological polar surface area (TPSA) is 40.5 Å². The van der Waals surface area contributed by atoms with Gasteiger partial charge in [0.05, 0.1) is 0 Å². The third-order valence-electron chi connectivity index (χ3n) is 3.25. The summed E-state index contributed by atoms with van der Waals surface area (Å²) in [6, 6.07) is 0. The van der Waals surface area contributed by atoms with Crippen LogP contribution < -0.4 is 0 Å². The monoisotopic (exact) mass is 234 g/mol. The number of allylic oxidation sites excluding steroid dienone is 1.